The predicted molar refractivity (Wildman–Crippen MR) is 79.5 cm³/mol. The summed E-state index contributed by atoms with van der Waals surface area (Å²) in [5, 5.41) is 4.72. The van der Waals surface area contributed by atoms with E-state index >= 15 is 0 Å². The highest BCUT2D eigenvalue weighted by molar-refractivity contribution is 7.12. The molecule has 0 spiro atoms. The summed E-state index contributed by atoms with van der Waals surface area (Å²) in [6.45, 7) is 3.44. The third-order valence-corrected chi connectivity index (χ3v) is 4.55. The zero-order valence-corrected chi connectivity index (χ0v) is 12.7. The largest absolute Gasteiger partial charge is 0.465 e. The zero-order valence-electron chi connectivity index (χ0n) is 11.9. The van der Waals surface area contributed by atoms with Crippen LogP contribution in [0.15, 0.2) is 5.38 Å². The number of urea groups is 1. The SMILES string of the molecule is COC(=O)c1scc(C)c1NC(=O)N1CCCCCC1. The molecule has 20 heavy (non-hydrogen) atoms. The molecule has 0 bridgehead atoms. The molecule has 0 aromatic carbocycles. The minimum absolute atomic E-state index is 0.126. The fourth-order valence-corrected chi connectivity index (χ4v) is 3.22. The number of ether oxygens (including phenoxy) is 1. The lowest BCUT2D eigenvalue weighted by atomic mass is 10.2. The smallest absolute Gasteiger partial charge is 0.350 e. The number of carbonyl (C=O) groups excluding carboxylic acids is 2. The Balaban J connectivity index is 2.10. The van der Waals surface area contributed by atoms with E-state index in [2.05, 4.69) is 5.32 Å². The molecule has 1 aromatic rings. The van der Waals surface area contributed by atoms with Crippen molar-refractivity contribution in [2.24, 2.45) is 0 Å². The van der Waals surface area contributed by atoms with Crippen LogP contribution in [0.1, 0.15) is 40.9 Å². The quantitative estimate of drug-likeness (QED) is 0.852. The first-order chi connectivity index (χ1) is 9.63. The number of aryl methyl sites for hydroxylation is 1. The molecule has 1 aromatic heterocycles. The number of likely N-dealkylation sites (tertiary alicyclic amines) is 1. The number of hydrogen-bond donors (Lipinski definition) is 1. The second-order valence-electron chi connectivity index (χ2n) is 4.95. The molecule has 110 valence electrons. The van der Waals surface area contributed by atoms with Gasteiger partial charge in [-0.3, -0.25) is 0 Å². The summed E-state index contributed by atoms with van der Waals surface area (Å²) < 4.78 is 4.74. The standard InChI is InChI=1S/C14H20N2O3S/c1-10-9-20-12(13(17)19-2)11(10)15-14(18)16-7-5-3-4-6-8-16/h9H,3-8H2,1-2H3,(H,15,18). The Bertz CT molecular complexity index is 491. The van der Waals surface area contributed by atoms with Gasteiger partial charge in [-0.25, -0.2) is 9.59 Å². The molecule has 1 N–H and O–H groups in total. The monoisotopic (exact) mass is 296 g/mol. The highest BCUT2D eigenvalue weighted by atomic mass is 32.1. The van der Waals surface area contributed by atoms with Crippen molar-refractivity contribution in [2.45, 2.75) is 32.6 Å². The third kappa shape index (κ3) is 3.30. The van der Waals surface area contributed by atoms with E-state index in [1.807, 2.05) is 17.2 Å². The Morgan fingerprint density at radius 3 is 2.50 bits per heavy atom. The first-order valence-electron chi connectivity index (χ1n) is 6.86. The van der Waals surface area contributed by atoms with Gasteiger partial charge in [0.2, 0.25) is 0 Å². The molecule has 5 nitrogen and oxygen atoms in total. The van der Waals surface area contributed by atoms with E-state index in [0.717, 1.165) is 31.5 Å². The summed E-state index contributed by atoms with van der Waals surface area (Å²) in [6.07, 6.45) is 4.43. The van der Waals surface area contributed by atoms with E-state index in [1.54, 1.807) is 0 Å². The number of thiophene rings is 1. The van der Waals surface area contributed by atoms with Crippen molar-refractivity contribution in [1.82, 2.24) is 4.90 Å². The molecule has 0 atom stereocenters. The fourth-order valence-electron chi connectivity index (χ4n) is 2.30. The number of esters is 1. The fraction of sp³-hybridized carbons (Fsp3) is 0.571. The minimum Gasteiger partial charge on any atom is -0.465 e. The van der Waals surface area contributed by atoms with Gasteiger partial charge in [0.1, 0.15) is 4.88 Å². The molecule has 0 radical (unpaired) electrons. The van der Waals surface area contributed by atoms with Gasteiger partial charge in [-0.15, -0.1) is 11.3 Å². The van der Waals surface area contributed by atoms with Crippen molar-refractivity contribution >= 4 is 29.0 Å². The highest BCUT2D eigenvalue weighted by Crippen LogP contribution is 2.28. The number of nitrogens with zero attached hydrogens (tertiary/aromatic N) is 1. The highest BCUT2D eigenvalue weighted by Gasteiger charge is 2.21. The molecule has 6 heteroatoms. The summed E-state index contributed by atoms with van der Waals surface area (Å²) in [4.78, 5) is 26.3. The first kappa shape index (κ1) is 14.8. The Morgan fingerprint density at radius 1 is 1.25 bits per heavy atom. The van der Waals surface area contributed by atoms with Crippen molar-refractivity contribution in [3.63, 3.8) is 0 Å². The summed E-state index contributed by atoms with van der Waals surface area (Å²) in [5.74, 6) is -0.408. The lowest BCUT2D eigenvalue weighted by molar-refractivity contribution is 0.0607. The molecule has 2 rings (SSSR count). The number of methoxy groups -OCH3 is 1. The van der Waals surface area contributed by atoms with Crippen molar-refractivity contribution < 1.29 is 14.3 Å². The van der Waals surface area contributed by atoms with Crippen LogP contribution < -0.4 is 5.32 Å². The molecule has 1 fully saturated rings. The lowest BCUT2D eigenvalue weighted by Crippen LogP contribution is -2.36. The average molecular weight is 296 g/mol. The summed E-state index contributed by atoms with van der Waals surface area (Å²) in [7, 11) is 1.35. The molecule has 2 amide bonds. The molecule has 1 saturated heterocycles. The lowest BCUT2D eigenvalue weighted by Gasteiger charge is -2.21. The van der Waals surface area contributed by atoms with Crippen LogP contribution in [0.3, 0.4) is 0 Å². The molecule has 0 saturated carbocycles. The third-order valence-electron chi connectivity index (χ3n) is 3.47. The molecule has 1 aliphatic rings. The van der Waals surface area contributed by atoms with E-state index in [4.69, 9.17) is 4.74 Å². The van der Waals surface area contributed by atoms with Crippen LogP contribution in [0.25, 0.3) is 0 Å². The average Bonchev–Trinajstić information content (AvgIpc) is 2.69. The van der Waals surface area contributed by atoms with E-state index in [0.29, 0.717) is 10.6 Å². The molecule has 2 heterocycles. The first-order valence-corrected chi connectivity index (χ1v) is 7.73. The maximum atomic E-state index is 12.3. The summed E-state index contributed by atoms with van der Waals surface area (Å²) >= 11 is 1.29. The van der Waals surface area contributed by atoms with Gasteiger partial charge in [0.15, 0.2) is 0 Å². The van der Waals surface area contributed by atoms with Crippen LogP contribution in [0.4, 0.5) is 10.5 Å². The van der Waals surface area contributed by atoms with E-state index in [9.17, 15) is 9.59 Å². The normalized spacial score (nSPS) is 15.6. The molecule has 1 aliphatic heterocycles. The summed E-state index contributed by atoms with van der Waals surface area (Å²) in [6, 6.07) is -0.126. The topological polar surface area (TPSA) is 58.6 Å². The van der Waals surface area contributed by atoms with Crippen LogP contribution in [0.2, 0.25) is 0 Å². The van der Waals surface area contributed by atoms with E-state index in [1.165, 1.54) is 31.3 Å². The molecule has 0 unspecified atom stereocenters. The van der Waals surface area contributed by atoms with Gasteiger partial charge in [0, 0.05) is 13.1 Å². The number of amides is 2. The van der Waals surface area contributed by atoms with Crippen LogP contribution in [0.5, 0.6) is 0 Å². The van der Waals surface area contributed by atoms with Gasteiger partial charge in [0.25, 0.3) is 0 Å². The van der Waals surface area contributed by atoms with Crippen molar-refractivity contribution in [3.8, 4) is 0 Å². The number of rotatable bonds is 2. The van der Waals surface area contributed by atoms with Crippen LogP contribution in [-0.4, -0.2) is 37.1 Å². The maximum Gasteiger partial charge on any atom is 0.350 e. The van der Waals surface area contributed by atoms with Crippen LogP contribution in [0, 0.1) is 6.92 Å². The van der Waals surface area contributed by atoms with Crippen molar-refractivity contribution in [3.05, 3.63) is 15.8 Å². The Kier molecular flexibility index (Phi) is 5.00. The van der Waals surface area contributed by atoms with Gasteiger partial charge in [-0.05, 0) is 30.7 Å². The number of carbonyl (C=O) groups is 2. The number of nitrogens with one attached hydrogen (secondary N) is 1. The van der Waals surface area contributed by atoms with Gasteiger partial charge < -0.3 is 15.0 Å². The molecule has 0 aliphatic carbocycles. The van der Waals surface area contributed by atoms with E-state index < -0.39 is 5.97 Å². The van der Waals surface area contributed by atoms with Crippen LogP contribution >= 0.6 is 11.3 Å². The van der Waals surface area contributed by atoms with Gasteiger partial charge >= 0.3 is 12.0 Å². The number of hydrogen-bond acceptors (Lipinski definition) is 4. The van der Waals surface area contributed by atoms with E-state index in [-0.39, 0.29) is 6.03 Å². The second kappa shape index (κ2) is 6.74. The second-order valence-corrected chi connectivity index (χ2v) is 5.83. The molecular weight excluding hydrogens is 276 g/mol. The Labute approximate surface area is 122 Å². The zero-order chi connectivity index (χ0) is 14.5. The van der Waals surface area contributed by atoms with Gasteiger partial charge in [0.05, 0.1) is 12.8 Å². The van der Waals surface area contributed by atoms with Gasteiger partial charge in [-0.2, -0.15) is 0 Å². The predicted octanol–water partition coefficient (Wildman–Crippen LogP) is 3.25. The van der Waals surface area contributed by atoms with Crippen molar-refractivity contribution in [2.75, 3.05) is 25.5 Å². The Morgan fingerprint density at radius 2 is 1.90 bits per heavy atom. The minimum atomic E-state index is -0.408. The summed E-state index contributed by atoms with van der Waals surface area (Å²) in [5.41, 5.74) is 1.47. The maximum absolute atomic E-state index is 12.3. The van der Waals surface area contributed by atoms with Crippen molar-refractivity contribution in [1.29, 1.82) is 0 Å². The number of anilines is 1. The Hall–Kier alpha value is -1.56. The molecular formula is C14H20N2O3S. The van der Waals surface area contributed by atoms with Crippen LogP contribution in [-0.2, 0) is 4.74 Å². The van der Waals surface area contributed by atoms with Gasteiger partial charge in [-0.1, -0.05) is 12.8 Å².